The van der Waals surface area contributed by atoms with E-state index >= 15 is 0 Å². The molecule has 1 aliphatic rings. The first-order valence-corrected chi connectivity index (χ1v) is 7.80. The molecule has 0 saturated carbocycles. The number of piperazine rings is 1. The van der Waals surface area contributed by atoms with Crippen LogP contribution in [0.4, 0.5) is 5.69 Å². The third-order valence-corrected chi connectivity index (χ3v) is 4.55. The summed E-state index contributed by atoms with van der Waals surface area (Å²) < 4.78 is 0. The fraction of sp³-hybridized carbons (Fsp3) is 0.389. The maximum Gasteiger partial charge on any atom is 0.154 e. The molecular formula is C18H22N2O2. The van der Waals surface area contributed by atoms with Gasteiger partial charge in [-0.05, 0) is 42.8 Å². The summed E-state index contributed by atoms with van der Waals surface area (Å²) in [6.07, 6.45) is 0.734. The molecule has 4 heteroatoms. The first kappa shape index (κ1) is 14.9. The van der Waals surface area contributed by atoms with Crippen molar-refractivity contribution in [3.05, 3.63) is 35.9 Å². The SMILES string of the molecule is CC(C)N1CCN(c2ccc3ccc(O)c(C=O)c3c2)CC1. The molecule has 0 amide bonds. The summed E-state index contributed by atoms with van der Waals surface area (Å²) in [5.41, 5.74) is 1.49. The van der Waals surface area contributed by atoms with Gasteiger partial charge in [-0.15, -0.1) is 0 Å². The number of carbonyl (C=O) groups excluding carboxylic acids is 1. The molecule has 1 saturated heterocycles. The second-order valence-corrected chi connectivity index (χ2v) is 6.14. The minimum atomic E-state index is 0.0456. The second kappa shape index (κ2) is 5.97. The average Bonchev–Trinajstić information content (AvgIpc) is 2.54. The Kier molecular flexibility index (Phi) is 4.03. The van der Waals surface area contributed by atoms with E-state index in [1.807, 2.05) is 18.2 Å². The largest absolute Gasteiger partial charge is 0.507 e. The van der Waals surface area contributed by atoms with Crippen molar-refractivity contribution in [1.82, 2.24) is 4.90 Å². The Balaban J connectivity index is 1.91. The number of phenols is 1. The van der Waals surface area contributed by atoms with Crippen LogP contribution in [-0.2, 0) is 0 Å². The molecule has 4 nitrogen and oxygen atoms in total. The lowest BCUT2D eigenvalue weighted by atomic mass is 10.0. The molecule has 2 aromatic rings. The quantitative estimate of drug-likeness (QED) is 0.885. The van der Waals surface area contributed by atoms with Gasteiger partial charge < -0.3 is 10.0 Å². The van der Waals surface area contributed by atoms with Crippen molar-refractivity contribution in [1.29, 1.82) is 0 Å². The van der Waals surface area contributed by atoms with E-state index in [0.29, 0.717) is 11.6 Å². The normalized spacial score (nSPS) is 16.4. The predicted molar refractivity (Wildman–Crippen MR) is 89.9 cm³/mol. The molecule has 2 aromatic carbocycles. The zero-order valence-corrected chi connectivity index (χ0v) is 13.1. The van der Waals surface area contributed by atoms with Crippen LogP contribution in [0.25, 0.3) is 10.8 Å². The molecule has 0 aliphatic carbocycles. The smallest absolute Gasteiger partial charge is 0.154 e. The number of hydrogen-bond donors (Lipinski definition) is 1. The molecule has 1 fully saturated rings. The van der Waals surface area contributed by atoms with Gasteiger partial charge in [-0.1, -0.05) is 12.1 Å². The highest BCUT2D eigenvalue weighted by Crippen LogP contribution is 2.29. The number of benzene rings is 2. The average molecular weight is 298 g/mol. The standard InChI is InChI=1S/C18H22N2O2/c1-13(2)19-7-9-20(10-8-19)15-5-3-14-4-6-18(22)17(12-21)16(14)11-15/h3-6,11-13,22H,7-10H2,1-2H3. The Morgan fingerprint density at radius 2 is 1.77 bits per heavy atom. The molecule has 0 spiro atoms. The summed E-state index contributed by atoms with van der Waals surface area (Å²) in [6, 6.07) is 10.1. The highest BCUT2D eigenvalue weighted by atomic mass is 16.3. The lowest BCUT2D eigenvalue weighted by Gasteiger charge is -2.38. The van der Waals surface area contributed by atoms with Crippen LogP contribution in [0.2, 0.25) is 0 Å². The number of phenolic OH excluding ortho intramolecular Hbond substituents is 1. The molecule has 0 bridgehead atoms. The Morgan fingerprint density at radius 1 is 1.09 bits per heavy atom. The van der Waals surface area contributed by atoms with E-state index in [-0.39, 0.29) is 5.75 Å². The molecule has 22 heavy (non-hydrogen) atoms. The highest BCUT2D eigenvalue weighted by Gasteiger charge is 2.19. The van der Waals surface area contributed by atoms with E-state index in [4.69, 9.17) is 0 Å². The summed E-state index contributed by atoms with van der Waals surface area (Å²) in [7, 11) is 0. The van der Waals surface area contributed by atoms with Gasteiger partial charge in [0.15, 0.2) is 6.29 Å². The van der Waals surface area contributed by atoms with E-state index < -0.39 is 0 Å². The van der Waals surface area contributed by atoms with Crippen molar-refractivity contribution in [3.8, 4) is 5.75 Å². The highest BCUT2D eigenvalue weighted by molar-refractivity contribution is 6.02. The van der Waals surface area contributed by atoms with E-state index in [0.717, 1.165) is 48.9 Å². The minimum Gasteiger partial charge on any atom is -0.507 e. The number of aldehydes is 1. The Morgan fingerprint density at radius 3 is 2.41 bits per heavy atom. The molecule has 0 radical (unpaired) electrons. The predicted octanol–water partition coefficient (Wildman–Crippen LogP) is 2.89. The maximum atomic E-state index is 11.3. The van der Waals surface area contributed by atoms with E-state index in [1.165, 1.54) is 0 Å². The van der Waals surface area contributed by atoms with Gasteiger partial charge in [-0.25, -0.2) is 0 Å². The molecule has 0 unspecified atom stereocenters. The first-order chi connectivity index (χ1) is 10.6. The second-order valence-electron chi connectivity index (χ2n) is 6.14. The van der Waals surface area contributed by atoms with E-state index in [2.05, 4.69) is 29.7 Å². The number of rotatable bonds is 3. The maximum absolute atomic E-state index is 11.3. The van der Waals surface area contributed by atoms with Crippen LogP contribution in [0.1, 0.15) is 24.2 Å². The Bertz CT molecular complexity index is 689. The topological polar surface area (TPSA) is 43.8 Å². The van der Waals surface area contributed by atoms with Crippen LogP contribution in [0, 0.1) is 0 Å². The van der Waals surface area contributed by atoms with Gasteiger partial charge in [0, 0.05) is 37.9 Å². The van der Waals surface area contributed by atoms with Gasteiger partial charge in [0.05, 0.1) is 5.56 Å². The summed E-state index contributed by atoms with van der Waals surface area (Å²) in [5.74, 6) is 0.0456. The fourth-order valence-corrected chi connectivity index (χ4v) is 3.14. The summed E-state index contributed by atoms with van der Waals surface area (Å²) >= 11 is 0. The van der Waals surface area contributed by atoms with Crippen molar-refractivity contribution < 1.29 is 9.90 Å². The van der Waals surface area contributed by atoms with Gasteiger partial charge in [0.25, 0.3) is 0 Å². The van der Waals surface area contributed by atoms with Gasteiger partial charge in [-0.3, -0.25) is 9.69 Å². The van der Waals surface area contributed by atoms with Crippen molar-refractivity contribution in [2.45, 2.75) is 19.9 Å². The molecule has 1 N–H and O–H groups in total. The van der Waals surface area contributed by atoms with Gasteiger partial charge in [-0.2, -0.15) is 0 Å². The monoisotopic (exact) mass is 298 g/mol. The van der Waals surface area contributed by atoms with E-state index in [1.54, 1.807) is 6.07 Å². The first-order valence-electron chi connectivity index (χ1n) is 7.80. The number of fused-ring (bicyclic) bond motifs is 1. The van der Waals surface area contributed by atoms with Crippen molar-refractivity contribution in [3.63, 3.8) is 0 Å². The zero-order valence-electron chi connectivity index (χ0n) is 13.1. The van der Waals surface area contributed by atoms with Gasteiger partial charge >= 0.3 is 0 Å². The molecular weight excluding hydrogens is 276 g/mol. The number of carbonyl (C=O) groups is 1. The van der Waals surface area contributed by atoms with Crippen LogP contribution < -0.4 is 4.90 Å². The van der Waals surface area contributed by atoms with Crippen LogP contribution in [0.3, 0.4) is 0 Å². The molecule has 3 rings (SSSR count). The van der Waals surface area contributed by atoms with Crippen LogP contribution in [0.5, 0.6) is 5.75 Å². The van der Waals surface area contributed by atoms with Crippen LogP contribution >= 0.6 is 0 Å². The van der Waals surface area contributed by atoms with Crippen LogP contribution in [-0.4, -0.2) is 48.5 Å². The number of nitrogens with zero attached hydrogens (tertiary/aromatic N) is 2. The van der Waals surface area contributed by atoms with Crippen molar-refractivity contribution in [2.75, 3.05) is 31.1 Å². The third kappa shape index (κ3) is 2.66. The number of anilines is 1. The lowest BCUT2D eigenvalue weighted by molar-refractivity contribution is 0.112. The van der Waals surface area contributed by atoms with Gasteiger partial charge in [0.2, 0.25) is 0 Å². The summed E-state index contributed by atoms with van der Waals surface area (Å²) in [5, 5.41) is 11.6. The molecule has 1 aliphatic heterocycles. The molecule has 0 atom stereocenters. The summed E-state index contributed by atoms with van der Waals surface area (Å²) in [4.78, 5) is 16.1. The Hall–Kier alpha value is -2.07. The lowest BCUT2D eigenvalue weighted by Crippen LogP contribution is -2.48. The summed E-state index contributed by atoms with van der Waals surface area (Å²) in [6.45, 7) is 8.53. The van der Waals surface area contributed by atoms with Crippen molar-refractivity contribution >= 4 is 22.7 Å². The molecule has 116 valence electrons. The Labute approximate surface area is 131 Å². The zero-order chi connectivity index (χ0) is 15.7. The number of hydrogen-bond acceptors (Lipinski definition) is 4. The molecule has 1 heterocycles. The third-order valence-electron chi connectivity index (χ3n) is 4.55. The van der Waals surface area contributed by atoms with Crippen LogP contribution in [0.15, 0.2) is 30.3 Å². The number of aromatic hydroxyl groups is 1. The fourth-order valence-electron chi connectivity index (χ4n) is 3.14. The molecule has 0 aromatic heterocycles. The minimum absolute atomic E-state index is 0.0456. The van der Waals surface area contributed by atoms with Crippen molar-refractivity contribution in [2.24, 2.45) is 0 Å². The van der Waals surface area contributed by atoms with E-state index in [9.17, 15) is 9.90 Å². The van der Waals surface area contributed by atoms with Gasteiger partial charge in [0.1, 0.15) is 5.75 Å².